The molecule has 0 aromatic heterocycles. The third kappa shape index (κ3) is 3.47. The van der Waals surface area contributed by atoms with Gasteiger partial charge >= 0.3 is 11.9 Å². The monoisotopic (exact) mass is 340 g/mol. The Balaban J connectivity index is 2.20. The Kier molecular flexibility index (Phi) is 4.87. The first kappa shape index (κ1) is 16.9. The zero-order valence-electron chi connectivity index (χ0n) is 12.1. The van der Waals surface area contributed by atoms with E-state index < -0.39 is 22.8 Å². The van der Waals surface area contributed by atoms with Gasteiger partial charge in [-0.3, -0.25) is 9.59 Å². The molecule has 0 aliphatic heterocycles. The molecule has 1 aliphatic rings. The molecule has 2 N–H and O–H groups in total. The molecule has 0 heterocycles. The third-order valence-electron chi connectivity index (χ3n) is 3.96. The number of carboxylic acid groups (broad SMARTS) is 2. The number of hydrogen-bond acceptors (Lipinski definition) is 3. The van der Waals surface area contributed by atoms with Gasteiger partial charge in [0.05, 0.1) is 10.8 Å². The summed E-state index contributed by atoms with van der Waals surface area (Å²) in [7, 11) is 0. The Morgan fingerprint density at radius 1 is 1.23 bits per heavy atom. The Labute approximate surface area is 138 Å². The first-order chi connectivity index (χ1) is 10.3. The summed E-state index contributed by atoms with van der Waals surface area (Å²) in [6.07, 6.45) is 3.75. The van der Waals surface area contributed by atoms with Crippen molar-refractivity contribution in [3.63, 3.8) is 0 Å². The molecule has 1 aromatic rings. The lowest BCUT2D eigenvalue weighted by atomic mass is 9.67. The van der Waals surface area contributed by atoms with Crippen LogP contribution in [0.1, 0.15) is 19.8 Å². The van der Waals surface area contributed by atoms with E-state index in [0.717, 1.165) is 4.90 Å². The van der Waals surface area contributed by atoms with Crippen molar-refractivity contribution in [1.82, 2.24) is 0 Å². The van der Waals surface area contributed by atoms with E-state index in [1.165, 1.54) is 11.8 Å². The van der Waals surface area contributed by atoms with Crippen molar-refractivity contribution in [2.24, 2.45) is 10.8 Å². The molecular weight excluding hydrogens is 324 g/mol. The van der Waals surface area contributed by atoms with Gasteiger partial charge in [-0.1, -0.05) is 23.8 Å². The molecule has 4 nitrogen and oxygen atoms in total. The fourth-order valence-electron chi connectivity index (χ4n) is 2.59. The zero-order chi connectivity index (χ0) is 16.4. The van der Waals surface area contributed by atoms with Gasteiger partial charge in [0.25, 0.3) is 0 Å². The minimum atomic E-state index is -1.17. The number of aliphatic carboxylic acids is 2. The molecule has 0 bridgehead atoms. The van der Waals surface area contributed by atoms with Crippen LogP contribution in [0.3, 0.4) is 0 Å². The molecule has 2 unspecified atom stereocenters. The van der Waals surface area contributed by atoms with Crippen LogP contribution in [-0.2, 0) is 9.59 Å². The Morgan fingerprint density at radius 2 is 1.86 bits per heavy atom. The molecule has 0 spiro atoms. The van der Waals surface area contributed by atoms with Gasteiger partial charge in [0, 0.05) is 15.7 Å². The number of rotatable bonds is 5. The average molecular weight is 341 g/mol. The van der Waals surface area contributed by atoms with Gasteiger partial charge in [0.2, 0.25) is 0 Å². The standard InChI is InChI=1S/C16H17ClO4S/c1-15(13(18)19)7-2-8-16(9-15,14(20)21)10-22-12-5-3-11(17)4-6-12/h2-6,8H,7,9-10H2,1H3,(H,18,19)(H,20,21). The van der Waals surface area contributed by atoms with Crippen molar-refractivity contribution in [2.75, 3.05) is 5.75 Å². The van der Waals surface area contributed by atoms with E-state index in [0.29, 0.717) is 11.4 Å². The Hall–Kier alpha value is -1.46. The van der Waals surface area contributed by atoms with Gasteiger partial charge in [-0.15, -0.1) is 11.8 Å². The maximum atomic E-state index is 11.8. The van der Waals surface area contributed by atoms with Crippen molar-refractivity contribution in [3.8, 4) is 0 Å². The molecule has 0 saturated heterocycles. The maximum absolute atomic E-state index is 11.8. The summed E-state index contributed by atoms with van der Waals surface area (Å²) in [4.78, 5) is 24.1. The van der Waals surface area contributed by atoms with Crippen LogP contribution in [-0.4, -0.2) is 27.9 Å². The van der Waals surface area contributed by atoms with Crippen molar-refractivity contribution in [3.05, 3.63) is 41.4 Å². The molecule has 1 aromatic carbocycles. The van der Waals surface area contributed by atoms with E-state index >= 15 is 0 Å². The number of allylic oxidation sites excluding steroid dienone is 1. The largest absolute Gasteiger partial charge is 0.481 e. The summed E-state index contributed by atoms with van der Waals surface area (Å²) in [5.41, 5.74) is -2.22. The number of carbonyl (C=O) groups is 2. The molecular formula is C16H17ClO4S. The van der Waals surface area contributed by atoms with E-state index in [1.54, 1.807) is 31.2 Å². The Morgan fingerprint density at radius 3 is 2.41 bits per heavy atom. The molecule has 0 fully saturated rings. The SMILES string of the molecule is CC1(C(=O)O)CC=CC(CSc2ccc(Cl)cc2)(C(=O)O)C1. The summed E-state index contributed by atoms with van der Waals surface area (Å²) >= 11 is 7.22. The van der Waals surface area contributed by atoms with E-state index in [1.807, 2.05) is 12.1 Å². The second-order valence-corrected chi connectivity index (χ2v) is 7.34. The summed E-state index contributed by atoms with van der Waals surface area (Å²) in [6.45, 7) is 1.60. The highest BCUT2D eigenvalue weighted by molar-refractivity contribution is 7.99. The highest BCUT2D eigenvalue weighted by atomic mass is 35.5. The molecule has 1 aliphatic carbocycles. The summed E-state index contributed by atoms with van der Waals surface area (Å²) in [6, 6.07) is 7.14. The normalized spacial score (nSPS) is 27.5. The molecule has 2 atom stereocenters. The molecule has 118 valence electrons. The first-order valence-electron chi connectivity index (χ1n) is 6.80. The minimum Gasteiger partial charge on any atom is -0.481 e. The van der Waals surface area contributed by atoms with Crippen LogP contribution in [0.25, 0.3) is 0 Å². The second-order valence-electron chi connectivity index (χ2n) is 5.85. The van der Waals surface area contributed by atoms with Crippen molar-refractivity contribution in [1.29, 1.82) is 0 Å². The smallest absolute Gasteiger partial charge is 0.314 e. The van der Waals surface area contributed by atoms with Crippen LogP contribution in [0.15, 0.2) is 41.3 Å². The number of carboxylic acids is 2. The van der Waals surface area contributed by atoms with Crippen LogP contribution in [0.5, 0.6) is 0 Å². The topological polar surface area (TPSA) is 74.6 Å². The highest BCUT2D eigenvalue weighted by Gasteiger charge is 2.48. The van der Waals surface area contributed by atoms with Crippen molar-refractivity contribution >= 4 is 35.3 Å². The van der Waals surface area contributed by atoms with Gasteiger partial charge in [0.15, 0.2) is 0 Å². The number of hydrogen-bond donors (Lipinski definition) is 2. The molecule has 0 radical (unpaired) electrons. The van der Waals surface area contributed by atoms with Gasteiger partial charge < -0.3 is 10.2 Å². The van der Waals surface area contributed by atoms with E-state index in [2.05, 4.69) is 0 Å². The lowest BCUT2D eigenvalue weighted by Crippen LogP contribution is -2.43. The third-order valence-corrected chi connectivity index (χ3v) is 5.48. The number of benzene rings is 1. The summed E-state index contributed by atoms with van der Waals surface area (Å²) in [5, 5.41) is 19.6. The van der Waals surface area contributed by atoms with Crippen LogP contribution < -0.4 is 0 Å². The highest BCUT2D eigenvalue weighted by Crippen LogP contribution is 2.45. The molecule has 2 rings (SSSR count). The van der Waals surface area contributed by atoms with Crippen LogP contribution in [0.2, 0.25) is 5.02 Å². The number of halogens is 1. The first-order valence-corrected chi connectivity index (χ1v) is 8.17. The minimum absolute atomic E-state index is 0.0851. The van der Waals surface area contributed by atoms with Crippen molar-refractivity contribution < 1.29 is 19.8 Å². The lowest BCUT2D eigenvalue weighted by molar-refractivity contribution is -0.154. The predicted octanol–water partition coefficient (Wildman–Crippen LogP) is 3.94. The van der Waals surface area contributed by atoms with Crippen LogP contribution >= 0.6 is 23.4 Å². The van der Waals surface area contributed by atoms with Gasteiger partial charge in [-0.05, 0) is 44.0 Å². The molecule has 0 amide bonds. The summed E-state index contributed by atoms with van der Waals surface area (Å²) < 4.78 is 0. The number of thioether (sulfide) groups is 1. The fourth-order valence-corrected chi connectivity index (χ4v) is 3.79. The average Bonchev–Trinajstić information content (AvgIpc) is 2.46. The van der Waals surface area contributed by atoms with Gasteiger partial charge in [0.1, 0.15) is 0 Å². The second kappa shape index (κ2) is 6.34. The Bertz CT molecular complexity index is 613. The van der Waals surface area contributed by atoms with Crippen LogP contribution in [0, 0.1) is 10.8 Å². The lowest BCUT2D eigenvalue weighted by Gasteiger charge is -2.37. The van der Waals surface area contributed by atoms with E-state index in [4.69, 9.17) is 11.6 Å². The molecule has 6 heteroatoms. The van der Waals surface area contributed by atoms with Crippen molar-refractivity contribution in [2.45, 2.75) is 24.7 Å². The van der Waals surface area contributed by atoms with Gasteiger partial charge in [-0.2, -0.15) is 0 Å². The molecule has 22 heavy (non-hydrogen) atoms. The predicted molar refractivity (Wildman–Crippen MR) is 86.4 cm³/mol. The quantitative estimate of drug-likeness (QED) is 0.627. The van der Waals surface area contributed by atoms with Crippen LogP contribution in [0.4, 0.5) is 0 Å². The maximum Gasteiger partial charge on any atom is 0.314 e. The van der Waals surface area contributed by atoms with E-state index in [-0.39, 0.29) is 12.2 Å². The summed E-state index contributed by atoms with van der Waals surface area (Å²) in [5.74, 6) is -1.67. The van der Waals surface area contributed by atoms with E-state index in [9.17, 15) is 19.8 Å². The molecule has 0 saturated carbocycles. The van der Waals surface area contributed by atoms with Gasteiger partial charge in [-0.25, -0.2) is 0 Å². The zero-order valence-corrected chi connectivity index (χ0v) is 13.7. The fraction of sp³-hybridized carbons (Fsp3) is 0.375.